The number of aromatic carboxylic acids is 1. The second kappa shape index (κ2) is 8.87. The lowest BCUT2D eigenvalue weighted by atomic mass is 9.81. The van der Waals surface area contributed by atoms with Crippen LogP contribution in [-0.4, -0.2) is 30.1 Å². The lowest BCUT2D eigenvalue weighted by Gasteiger charge is -2.36. The van der Waals surface area contributed by atoms with E-state index in [9.17, 15) is 9.59 Å². The van der Waals surface area contributed by atoms with Gasteiger partial charge in [0.1, 0.15) is 0 Å². The number of hydrogen-bond donors (Lipinski definition) is 2. The molecule has 0 spiro atoms. The fraction of sp³-hybridized carbons (Fsp3) is 0.391. The summed E-state index contributed by atoms with van der Waals surface area (Å²) in [5, 5.41) is 9.75. The van der Waals surface area contributed by atoms with Crippen molar-refractivity contribution in [2.24, 2.45) is 11.7 Å². The summed E-state index contributed by atoms with van der Waals surface area (Å²) in [6, 6.07) is 12.2. The monoisotopic (exact) mass is 414 g/mol. The van der Waals surface area contributed by atoms with Gasteiger partial charge in [-0.25, -0.2) is 4.79 Å². The fourth-order valence-corrected chi connectivity index (χ4v) is 4.48. The summed E-state index contributed by atoms with van der Waals surface area (Å²) in [7, 11) is 0. The molecule has 0 saturated carbocycles. The Morgan fingerprint density at radius 1 is 1.21 bits per heavy atom. The second-order valence-electron chi connectivity index (χ2n) is 7.99. The van der Waals surface area contributed by atoms with Gasteiger partial charge in [0.25, 0.3) is 0 Å². The van der Waals surface area contributed by atoms with Crippen molar-refractivity contribution >= 4 is 29.2 Å². The van der Waals surface area contributed by atoms with Crippen molar-refractivity contribution in [1.82, 2.24) is 0 Å². The third kappa shape index (κ3) is 4.73. The van der Waals surface area contributed by atoms with Gasteiger partial charge >= 0.3 is 5.97 Å². The highest BCUT2D eigenvalue weighted by Crippen LogP contribution is 2.40. The van der Waals surface area contributed by atoms with Crippen LogP contribution in [0.25, 0.3) is 0 Å². The van der Waals surface area contributed by atoms with E-state index in [1.165, 1.54) is 18.6 Å². The minimum Gasteiger partial charge on any atom is -0.478 e. The molecule has 5 nitrogen and oxygen atoms in total. The fourth-order valence-electron chi connectivity index (χ4n) is 4.30. The average molecular weight is 415 g/mol. The highest BCUT2D eigenvalue weighted by molar-refractivity contribution is 6.30. The molecular weight excluding hydrogens is 388 g/mol. The van der Waals surface area contributed by atoms with Crippen molar-refractivity contribution in [3.05, 3.63) is 64.2 Å². The Bertz CT molecular complexity index is 897. The van der Waals surface area contributed by atoms with Gasteiger partial charge in [-0.3, -0.25) is 4.79 Å². The second-order valence-corrected chi connectivity index (χ2v) is 8.43. The first kappa shape index (κ1) is 21.2. The van der Waals surface area contributed by atoms with Crippen LogP contribution in [0.3, 0.4) is 0 Å². The lowest BCUT2D eigenvalue weighted by molar-refractivity contribution is -0.119. The summed E-state index contributed by atoms with van der Waals surface area (Å²) in [6.07, 6.45) is 2.35. The van der Waals surface area contributed by atoms with E-state index in [0.717, 1.165) is 30.8 Å². The summed E-state index contributed by atoms with van der Waals surface area (Å²) in [5.41, 5.74) is 8.74. The Morgan fingerprint density at radius 2 is 1.90 bits per heavy atom. The molecule has 0 aliphatic carbocycles. The summed E-state index contributed by atoms with van der Waals surface area (Å²) >= 11 is 6.31. The van der Waals surface area contributed by atoms with E-state index in [0.29, 0.717) is 16.5 Å². The number of benzene rings is 2. The molecule has 1 fully saturated rings. The minimum atomic E-state index is -1.00. The molecule has 154 valence electrons. The smallest absolute Gasteiger partial charge is 0.335 e. The molecule has 3 rings (SSSR count). The summed E-state index contributed by atoms with van der Waals surface area (Å²) in [5.74, 6) is -1.64. The molecule has 1 amide bonds. The van der Waals surface area contributed by atoms with Gasteiger partial charge < -0.3 is 15.7 Å². The Balaban J connectivity index is 1.99. The predicted octanol–water partition coefficient (Wildman–Crippen LogP) is 4.65. The first-order chi connectivity index (χ1) is 13.8. The number of hydrogen-bond acceptors (Lipinski definition) is 3. The zero-order valence-corrected chi connectivity index (χ0v) is 17.5. The van der Waals surface area contributed by atoms with Gasteiger partial charge in [0, 0.05) is 23.8 Å². The largest absolute Gasteiger partial charge is 0.478 e. The summed E-state index contributed by atoms with van der Waals surface area (Å²) in [6.45, 7) is 6.17. The maximum Gasteiger partial charge on any atom is 0.335 e. The van der Waals surface area contributed by atoms with Gasteiger partial charge in [-0.05, 0) is 66.1 Å². The molecule has 3 N–H and O–H groups in total. The van der Waals surface area contributed by atoms with E-state index in [-0.39, 0.29) is 11.5 Å². The molecule has 3 unspecified atom stereocenters. The number of amides is 1. The van der Waals surface area contributed by atoms with Crippen molar-refractivity contribution in [2.75, 3.05) is 18.0 Å². The highest BCUT2D eigenvalue weighted by atomic mass is 35.5. The number of rotatable bonds is 6. The maximum absolute atomic E-state index is 12.4. The Hall–Kier alpha value is -2.53. The Kier molecular flexibility index (Phi) is 6.48. The van der Waals surface area contributed by atoms with E-state index in [1.807, 2.05) is 25.1 Å². The SMILES string of the molecule is CC1CCCN(c2ccc(Cl)cc2C(C)C(C(N)=O)c2ccc(C(=O)O)cc2)C1. The number of carboxylic acids is 1. The summed E-state index contributed by atoms with van der Waals surface area (Å²) in [4.78, 5) is 25.9. The van der Waals surface area contributed by atoms with Crippen LogP contribution in [0.4, 0.5) is 5.69 Å². The van der Waals surface area contributed by atoms with E-state index < -0.39 is 17.8 Å². The molecule has 1 aliphatic rings. The van der Waals surface area contributed by atoms with E-state index in [4.69, 9.17) is 22.4 Å². The lowest BCUT2D eigenvalue weighted by Crippen LogP contribution is -2.35. The van der Waals surface area contributed by atoms with E-state index in [2.05, 4.69) is 11.8 Å². The molecular formula is C23H27ClN2O3. The molecule has 1 saturated heterocycles. The van der Waals surface area contributed by atoms with Crippen LogP contribution < -0.4 is 10.6 Å². The number of anilines is 1. The van der Waals surface area contributed by atoms with Crippen LogP contribution in [0.2, 0.25) is 5.02 Å². The number of halogens is 1. The maximum atomic E-state index is 12.4. The Morgan fingerprint density at radius 3 is 2.48 bits per heavy atom. The number of piperidine rings is 1. The third-order valence-electron chi connectivity index (χ3n) is 5.80. The number of primary amides is 1. The highest BCUT2D eigenvalue weighted by Gasteiger charge is 2.30. The first-order valence-electron chi connectivity index (χ1n) is 9.95. The Labute approximate surface area is 176 Å². The van der Waals surface area contributed by atoms with Gasteiger partial charge in [0.2, 0.25) is 5.91 Å². The van der Waals surface area contributed by atoms with Crippen molar-refractivity contribution in [2.45, 2.75) is 38.5 Å². The molecule has 0 radical (unpaired) electrons. The first-order valence-corrected chi connectivity index (χ1v) is 10.3. The van der Waals surface area contributed by atoms with Gasteiger partial charge in [0.15, 0.2) is 0 Å². The zero-order valence-electron chi connectivity index (χ0n) is 16.8. The van der Waals surface area contributed by atoms with Gasteiger partial charge in [-0.2, -0.15) is 0 Å². The number of carboxylic acid groups (broad SMARTS) is 1. The van der Waals surface area contributed by atoms with E-state index in [1.54, 1.807) is 12.1 Å². The van der Waals surface area contributed by atoms with Crippen molar-refractivity contribution in [3.8, 4) is 0 Å². The molecule has 3 atom stereocenters. The van der Waals surface area contributed by atoms with Crippen LogP contribution >= 0.6 is 11.6 Å². The molecule has 29 heavy (non-hydrogen) atoms. The molecule has 1 aliphatic heterocycles. The number of nitrogens with two attached hydrogens (primary N) is 1. The van der Waals surface area contributed by atoms with Crippen LogP contribution in [-0.2, 0) is 4.79 Å². The molecule has 2 aromatic carbocycles. The zero-order chi connectivity index (χ0) is 21.1. The number of nitrogens with zero attached hydrogens (tertiary/aromatic N) is 1. The van der Waals surface area contributed by atoms with Gasteiger partial charge in [-0.1, -0.05) is 37.6 Å². The van der Waals surface area contributed by atoms with Crippen molar-refractivity contribution in [3.63, 3.8) is 0 Å². The topological polar surface area (TPSA) is 83.6 Å². The van der Waals surface area contributed by atoms with Crippen LogP contribution in [0, 0.1) is 5.92 Å². The third-order valence-corrected chi connectivity index (χ3v) is 6.04. The molecule has 0 aromatic heterocycles. The molecule has 6 heteroatoms. The molecule has 2 aromatic rings. The minimum absolute atomic E-state index is 0.176. The van der Waals surface area contributed by atoms with Crippen LogP contribution in [0.5, 0.6) is 0 Å². The molecule has 1 heterocycles. The van der Waals surface area contributed by atoms with E-state index >= 15 is 0 Å². The van der Waals surface area contributed by atoms with Gasteiger partial charge in [0.05, 0.1) is 11.5 Å². The average Bonchev–Trinajstić information content (AvgIpc) is 2.68. The number of carbonyl (C=O) groups is 2. The van der Waals surface area contributed by atoms with Gasteiger partial charge in [-0.15, -0.1) is 0 Å². The normalized spacial score (nSPS) is 18.9. The molecule has 0 bridgehead atoms. The number of carbonyl (C=O) groups excluding carboxylic acids is 1. The summed E-state index contributed by atoms with van der Waals surface area (Å²) < 4.78 is 0. The standard InChI is InChI=1S/C23H27ClN2O3/c1-14-4-3-11-26(13-14)20-10-9-18(24)12-19(20)15(2)21(22(25)27)16-5-7-17(8-6-16)23(28)29/h5-10,12,14-15,21H,3-4,11,13H2,1-2H3,(H2,25,27)(H,28,29). The van der Waals surface area contributed by atoms with Crippen LogP contribution in [0.15, 0.2) is 42.5 Å². The van der Waals surface area contributed by atoms with Crippen molar-refractivity contribution in [1.29, 1.82) is 0 Å². The van der Waals surface area contributed by atoms with Crippen LogP contribution in [0.1, 0.15) is 60.0 Å². The quantitative estimate of drug-likeness (QED) is 0.720. The van der Waals surface area contributed by atoms with Crippen molar-refractivity contribution < 1.29 is 14.7 Å². The predicted molar refractivity (Wildman–Crippen MR) is 116 cm³/mol.